The van der Waals surface area contributed by atoms with E-state index in [2.05, 4.69) is 12.1 Å². The lowest BCUT2D eigenvalue weighted by molar-refractivity contribution is 0.0601. The van der Waals surface area contributed by atoms with E-state index in [0.29, 0.717) is 5.56 Å². The number of hydrogen-bond acceptors (Lipinski definition) is 3. The Bertz CT molecular complexity index is 796. The average molecular weight is 319 g/mol. The Morgan fingerprint density at radius 1 is 1.08 bits per heavy atom. The van der Waals surface area contributed by atoms with Gasteiger partial charge in [0.25, 0.3) is 0 Å². The third-order valence-corrected chi connectivity index (χ3v) is 3.95. The molecular weight excluding hydrogens is 298 g/mol. The van der Waals surface area contributed by atoms with Crippen LogP contribution in [0.2, 0.25) is 0 Å². The van der Waals surface area contributed by atoms with E-state index in [9.17, 15) is 10.1 Å². The summed E-state index contributed by atoms with van der Waals surface area (Å²) in [7, 11) is 1.37. The lowest BCUT2D eigenvalue weighted by Crippen LogP contribution is -2.02. The van der Waals surface area contributed by atoms with Crippen LogP contribution < -0.4 is 0 Å². The number of methoxy groups -OCH3 is 1. The maximum Gasteiger partial charge on any atom is 0.337 e. The van der Waals surface area contributed by atoms with Crippen LogP contribution in [0.1, 0.15) is 41.8 Å². The molecule has 3 rings (SSSR count). The molecule has 3 heteroatoms. The van der Waals surface area contributed by atoms with Gasteiger partial charge in [-0.15, -0.1) is 0 Å². The lowest BCUT2D eigenvalue weighted by Gasteiger charge is -2.18. The number of nitrogens with zero attached hydrogens (tertiary/aromatic N) is 1. The van der Waals surface area contributed by atoms with Crippen LogP contribution >= 0.6 is 0 Å². The van der Waals surface area contributed by atoms with Crippen molar-refractivity contribution in [1.82, 2.24) is 0 Å². The van der Waals surface area contributed by atoms with Crippen LogP contribution in [0.4, 0.5) is 0 Å². The third kappa shape index (κ3) is 3.38. The highest BCUT2D eigenvalue weighted by atomic mass is 16.5. The minimum atomic E-state index is -0.337. The van der Waals surface area contributed by atoms with E-state index in [0.717, 1.165) is 35.1 Å². The van der Waals surface area contributed by atoms with E-state index in [1.807, 2.05) is 44.2 Å². The topological polar surface area (TPSA) is 50.1 Å². The predicted molar refractivity (Wildman–Crippen MR) is 96.5 cm³/mol. The quantitative estimate of drug-likeness (QED) is 0.730. The molecule has 0 unspecified atom stereocenters. The molecule has 0 aromatic heterocycles. The van der Waals surface area contributed by atoms with Gasteiger partial charge in [0.2, 0.25) is 0 Å². The molecule has 0 amide bonds. The molecule has 3 nitrogen and oxygen atoms in total. The molecule has 0 N–H and O–H groups in total. The minimum absolute atomic E-state index is 0.337. The maximum absolute atomic E-state index is 11.5. The van der Waals surface area contributed by atoms with Crippen molar-refractivity contribution >= 4 is 11.5 Å². The highest BCUT2D eigenvalue weighted by molar-refractivity contribution is 5.90. The molecule has 1 aliphatic rings. The number of benzene rings is 2. The van der Waals surface area contributed by atoms with E-state index in [-0.39, 0.29) is 5.97 Å². The molecule has 0 heterocycles. The first kappa shape index (κ1) is 17.5. The molecule has 24 heavy (non-hydrogen) atoms. The summed E-state index contributed by atoms with van der Waals surface area (Å²) >= 11 is 0. The Labute approximate surface area is 143 Å². The third-order valence-electron chi connectivity index (χ3n) is 3.95. The van der Waals surface area contributed by atoms with E-state index in [4.69, 9.17) is 4.74 Å². The number of carbonyl (C=O) groups is 1. The number of carbonyl (C=O) groups excluding carboxylic acids is 1. The van der Waals surface area contributed by atoms with Gasteiger partial charge in [0.15, 0.2) is 0 Å². The first-order chi connectivity index (χ1) is 11.7. The number of fused-ring (bicyclic) bond motifs is 1. The van der Waals surface area contributed by atoms with Crippen molar-refractivity contribution in [2.24, 2.45) is 0 Å². The van der Waals surface area contributed by atoms with Gasteiger partial charge in [-0.05, 0) is 47.2 Å². The van der Waals surface area contributed by atoms with Gasteiger partial charge in [0, 0.05) is 0 Å². The second-order valence-corrected chi connectivity index (χ2v) is 5.17. The zero-order valence-corrected chi connectivity index (χ0v) is 14.3. The summed E-state index contributed by atoms with van der Waals surface area (Å²) in [5.41, 5.74) is 5.66. The van der Waals surface area contributed by atoms with Crippen LogP contribution in [-0.2, 0) is 11.2 Å². The number of allylic oxidation sites excluding steroid dienone is 2. The average Bonchev–Trinajstić information content (AvgIpc) is 2.68. The van der Waals surface area contributed by atoms with Gasteiger partial charge in [-0.1, -0.05) is 50.3 Å². The second-order valence-electron chi connectivity index (χ2n) is 5.17. The van der Waals surface area contributed by atoms with Crippen molar-refractivity contribution < 1.29 is 9.53 Å². The van der Waals surface area contributed by atoms with E-state index >= 15 is 0 Å². The Morgan fingerprint density at radius 3 is 2.38 bits per heavy atom. The van der Waals surface area contributed by atoms with Crippen LogP contribution in [0.25, 0.3) is 16.7 Å². The highest BCUT2D eigenvalue weighted by Crippen LogP contribution is 2.34. The molecule has 1 aliphatic carbocycles. The molecular formula is C21H21NO2. The van der Waals surface area contributed by atoms with Crippen LogP contribution in [0, 0.1) is 11.3 Å². The predicted octanol–water partition coefficient (Wildman–Crippen LogP) is 5.02. The normalized spacial score (nSPS) is 12.0. The fourth-order valence-electron chi connectivity index (χ4n) is 2.86. The summed E-state index contributed by atoms with van der Waals surface area (Å²) < 4.78 is 4.72. The Kier molecular flexibility index (Phi) is 5.92. The Hall–Kier alpha value is -2.86. The SMILES string of the molecule is CC.COC(=O)c1ccc(-c2cccc3c2CCC=C3C#N)cc1. The van der Waals surface area contributed by atoms with Crippen molar-refractivity contribution in [3.05, 3.63) is 65.2 Å². The largest absolute Gasteiger partial charge is 0.465 e. The lowest BCUT2D eigenvalue weighted by atomic mass is 9.85. The van der Waals surface area contributed by atoms with Crippen LogP contribution in [0.15, 0.2) is 48.5 Å². The summed E-state index contributed by atoms with van der Waals surface area (Å²) in [5.74, 6) is -0.337. The second kappa shape index (κ2) is 8.12. The van der Waals surface area contributed by atoms with Crippen molar-refractivity contribution in [3.8, 4) is 17.2 Å². The van der Waals surface area contributed by atoms with Crippen molar-refractivity contribution in [3.63, 3.8) is 0 Å². The van der Waals surface area contributed by atoms with Crippen LogP contribution in [0.3, 0.4) is 0 Å². The van der Waals surface area contributed by atoms with Gasteiger partial charge in [-0.2, -0.15) is 5.26 Å². The van der Waals surface area contributed by atoms with E-state index < -0.39 is 0 Å². The van der Waals surface area contributed by atoms with E-state index in [1.54, 1.807) is 12.1 Å². The van der Waals surface area contributed by atoms with E-state index in [1.165, 1.54) is 12.7 Å². The number of nitriles is 1. The molecule has 2 aromatic carbocycles. The molecule has 2 aromatic rings. The van der Waals surface area contributed by atoms with Crippen LogP contribution in [-0.4, -0.2) is 13.1 Å². The first-order valence-electron chi connectivity index (χ1n) is 8.16. The number of hydrogen-bond donors (Lipinski definition) is 0. The monoisotopic (exact) mass is 319 g/mol. The molecule has 0 bridgehead atoms. The number of esters is 1. The van der Waals surface area contributed by atoms with Gasteiger partial charge in [-0.3, -0.25) is 0 Å². The summed E-state index contributed by atoms with van der Waals surface area (Å²) in [4.78, 5) is 11.5. The first-order valence-corrected chi connectivity index (χ1v) is 8.16. The number of ether oxygens (including phenoxy) is 1. The van der Waals surface area contributed by atoms with Crippen molar-refractivity contribution in [2.75, 3.05) is 7.11 Å². The van der Waals surface area contributed by atoms with Crippen molar-refractivity contribution in [2.45, 2.75) is 26.7 Å². The molecule has 122 valence electrons. The van der Waals surface area contributed by atoms with Gasteiger partial charge >= 0.3 is 5.97 Å². The van der Waals surface area contributed by atoms with Gasteiger partial charge in [-0.25, -0.2) is 4.79 Å². The summed E-state index contributed by atoms with van der Waals surface area (Å²) in [6.45, 7) is 4.00. The molecule has 0 spiro atoms. The summed E-state index contributed by atoms with van der Waals surface area (Å²) in [6, 6.07) is 15.7. The van der Waals surface area contributed by atoms with Gasteiger partial charge in [0.1, 0.15) is 0 Å². The highest BCUT2D eigenvalue weighted by Gasteiger charge is 2.16. The maximum atomic E-state index is 11.5. The zero-order valence-electron chi connectivity index (χ0n) is 14.3. The minimum Gasteiger partial charge on any atom is -0.465 e. The molecule has 0 aliphatic heterocycles. The zero-order chi connectivity index (χ0) is 17.5. The number of rotatable bonds is 2. The fraction of sp³-hybridized carbons (Fsp3) is 0.238. The van der Waals surface area contributed by atoms with Gasteiger partial charge < -0.3 is 4.74 Å². The standard InChI is InChI=1S/C19H15NO2.C2H6/c1-22-19(21)14-10-8-13(9-11-14)16-5-3-6-17-15(12-20)4-2-7-18(16)17;1-2/h3-6,8-11H,2,7H2,1H3;1-2H3. The Morgan fingerprint density at radius 2 is 1.75 bits per heavy atom. The molecule has 0 saturated heterocycles. The summed E-state index contributed by atoms with van der Waals surface area (Å²) in [6.07, 6.45) is 3.80. The summed E-state index contributed by atoms with van der Waals surface area (Å²) in [5, 5.41) is 9.25. The fourth-order valence-corrected chi connectivity index (χ4v) is 2.86. The molecule has 0 saturated carbocycles. The van der Waals surface area contributed by atoms with Crippen molar-refractivity contribution in [1.29, 1.82) is 5.26 Å². The van der Waals surface area contributed by atoms with Crippen LogP contribution in [0.5, 0.6) is 0 Å². The molecule has 0 atom stereocenters. The van der Waals surface area contributed by atoms with Gasteiger partial charge in [0.05, 0.1) is 24.3 Å². The molecule has 0 radical (unpaired) electrons. The molecule has 0 fully saturated rings. The smallest absolute Gasteiger partial charge is 0.337 e. The Balaban J connectivity index is 0.00000100.